The van der Waals surface area contributed by atoms with Gasteiger partial charge >= 0.3 is 5.97 Å². The second-order valence-electron chi connectivity index (χ2n) is 5.95. The van der Waals surface area contributed by atoms with E-state index in [1.807, 2.05) is 0 Å². The predicted octanol–water partition coefficient (Wildman–Crippen LogP) is 2.15. The van der Waals surface area contributed by atoms with Crippen LogP contribution >= 0.6 is 0 Å². The lowest BCUT2D eigenvalue weighted by Gasteiger charge is -2.32. The van der Waals surface area contributed by atoms with Crippen LogP contribution in [-0.2, 0) is 9.59 Å². The minimum Gasteiger partial charge on any atom is -0.497 e. The van der Waals surface area contributed by atoms with Gasteiger partial charge < -0.3 is 19.9 Å². The summed E-state index contributed by atoms with van der Waals surface area (Å²) in [7, 11) is 1.55. The third-order valence-electron chi connectivity index (χ3n) is 4.09. The van der Waals surface area contributed by atoms with Crippen LogP contribution in [0.5, 0.6) is 11.5 Å². The molecule has 27 heavy (non-hydrogen) atoms. The molecule has 2 aromatic carbocycles. The molecule has 1 aliphatic heterocycles. The van der Waals surface area contributed by atoms with Crippen LogP contribution in [0, 0.1) is 0 Å². The van der Waals surface area contributed by atoms with Crippen LogP contribution in [0.4, 0.5) is 11.4 Å². The summed E-state index contributed by atoms with van der Waals surface area (Å²) in [6.07, 6.45) is -0.824. The number of methoxy groups -OCH3 is 1. The molecule has 8 nitrogen and oxygen atoms in total. The van der Waals surface area contributed by atoms with Crippen molar-refractivity contribution < 1.29 is 29.0 Å². The summed E-state index contributed by atoms with van der Waals surface area (Å²) in [5.41, 5.74) is 0.960. The average molecular weight is 370 g/mol. The molecule has 0 aliphatic carbocycles. The van der Waals surface area contributed by atoms with Crippen molar-refractivity contribution in [1.29, 1.82) is 0 Å². The van der Waals surface area contributed by atoms with E-state index in [9.17, 15) is 14.4 Å². The molecule has 0 aromatic heterocycles. The summed E-state index contributed by atoms with van der Waals surface area (Å²) in [5, 5.41) is 11.8. The fourth-order valence-corrected chi connectivity index (χ4v) is 2.73. The van der Waals surface area contributed by atoms with Crippen LogP contribution in [-0.4, -0.2) is 42.6 Å². The number of hydrogen-bond donors (Lipinski definition) is 2. The maximum Gasteiger partial charge on any atom is 0.335 e. The molecule has 1 unspecified atom stereocenters. The van der Waals surface area contributed by atoms with Gasteiger partial charge in [0.25, 0.3) is 5.91 Å². The van der Waals surface area contributed by atoms with Crippen LogP contribution in [0.2, 0.25) is 0 Å². The van der Waals surface area contributed by atoms with Crippen LogP contribution in [0.25, 0.3) is 0 Å². The number of carboxylic acid groups (broad SMARTS) is 1. The third kappa shape index (κ3) is 3.84. The topological polar surface area (TPSA) is 105 Å². The molecular formula is C19H18N2O6. The molecule has 140 valence electrons. The number of nitrogens with one attached hydrogen (secondary N) is 1. The van der Waals surface area contributed by atoms with E-state index < -0.39 is 18.0 Å². The third-order valence-corrected chi connectivity index (χ3v) is 4.09. The number of carbonyl (C=O) groups is 3. The lowest BCUT2D eigenvalue weighted by Crippen LogP contribution is -2.47. The molecular weight excluding hydrogens is 352 g/mol. The highest BCUT2D eigenvalue weighted by Gasteiger charge is 2.33. The van der Waals surface area contributed by atoms with Crippen molar-refractivity contribution in [2.24, 2.45) is 0 Å². The van der Waals surface area contributed by atoms with Crippen molar-refractivity contribution in [3.63, 3.8) is 0 Å². The Morgan fingerprint density at radius 3 is 2.56 bits per heavy atom. The maximum atomic E-state index is 12.5. The first kappa shape index (κ1) is 18.2. The fourth-order valence-electron chi connectivity index (χ4n) is 2.73. The van der Waals surface area contributed by atoms with Gasteiger partial charge in [-0.25, -0.2) is 4.79 Å². The number of ether oxygens (including phenoxy) is 2. The molecule has 2 amide bonds. The quantitative estimate of drug-likeness (QED) is 0.835. The molecule has 0 radical (unpaired) electrons. The van der Waals surface area contributed by atoms with Crippen molar-refractivity contribution in [3.8, 4) is 11.5 Å². The van der Waals surface area contributed by atoms with Gasteiger partial charge in [0.05, 0.1) is 18.4 Å². The van der Waals surface area contributed by atoms with Gasteiger partial charge in [0.2, 0.25) is 5.91 Å². The molecule has 2 aromatic rings. The fraction of sp³-hybridized carbons (Fsp3) is 0.211. The average Bonchev–Trinajstić information content (AvgIpc) is 2.65. The molecule has 1 atom stereocenters. The molecule has 0 saturated heterocycles. The van der Waals surface area contributed by atoms with Gasteiger partial charge in [0, 0.05) is 5.69 Å². The summed E-state index contributed by atoms with van der Waals surface area (Å²) in [6, 6.07) is 11.0. The molecule has 3 rings (SSSR count). The summed E-state index contributed by atoms with van der Waals surface area (Å²) in [4.78, 5) is 37.3. The monoisotopic (exact) mass is 370 g/mol. The number of carbonyl (C=O) groups excluding carboxylic acids is 2. The second kappa shape index (κ2) is 7.36. The van der Waals surface area contributed by atoms with E-state index in [0.29, 0.717) is 17.1 Å². The normalized spacial score (nSPS) is 15.6. The van der Waals surface area contributed by atoms with Gasteiger partial charge in [-0.05, 0) is 49.4 Å². The molecule has 1 heterocycles. The molecule has 0 spiro atoms. The van der Waals surface area contributed by atoms with E-state index in [-0.39, 0.29) is 23.8 Å². The lowest BCUT2D eigenvalue weighted by molar-refractivity contribution is -0.127. The first-order valence-corrected chi connectivity index (χ1v) is 8.18. The van der Waals surface area contributed by atoms with Crippen molar-refractivity contribution in [2.75, 3.05) is 23.9 Å². The Kier molecular flexibility index (Phi) is 4.98. The Bertz CT molecular complexity index is 894. The van der Waals surface area contributed by atoms with Crippen molar-refractivity contribution in [3.05, 3.63) is 48.0 Å². The number of benzene rings is 2. The van der Waals surface area contributed by atoms with Crippen molar-refractivity contribution >= 4 is 29.2 Å². The number of carboxylic acids is 1. The van der Waals surface area contributed by atoms with E-state index >= 15 is 0 Å². The van der Waals surface area contributed by atoms with Gasteiger partial charge in [0.1, 0.15) is 18.0 Å². The first-order valence-electron chi connectivity index (χ1n) is 8.18. The van der Waals surface area contributed by atoms with Gasteiger partial charge in [-0.15, -0.1) is 0 Å². The zero-order chi connectivity index (χ0) is 19.6. The molecule has 2 N–H and O–H groups in total. The Labute approximate surface area is 155 Å². The van der Waals surface area contributed by atoms with Crippen LogP contribution in [0.3, 0.4) is 0 Å². The number of amides is 2. The SMILES string of the molecule is COc1ccc(NC(=O)CN2C(=O)C(C)Oc3cc(C(=O)O)ccc32)cc1. The van der Waals surface area contributed by atoms with Gasteiger partial charge in [0.15, 0.2) is 6.10 Å². The summed E-state index contributed by atoms with van der Waals surface area (Å²) in [5.74, 6) is -0.964. The Morgan fingerprint density at radius 2 is 1.93 bits per heavy atom. The summed E-state index contributed by atoms with van der Waals surface area (Å²) in [6.45, 7) is 1.32. The minimum absolute atomic E-state index is 0.0398. The van der Waals surface area contributed by atoms with Gasteiger partial charge in [-0.2, -0.15) is 0 Å². The zero-order valence-electron chi connectivity index (χ0n) is 14.8. The highest BCUT2D eigenvalue weighted by Crippen LogP contribution is 2.34. The van der Waals surface area contributed by atoms with E-state index in [1.54, 1.807) is 38.3 Å². The Morgan fingerprint density at radius 1 is 1.22 bits per heavy atom. The number of rotatable bonds is 5. The molecule has 0 fully saturated rings. The van der Waals surface area contributed by atoms with E-state index in [1.165, 1.54) is 23.1 Å². The van der Waals surface area contributed by atoms with Crippen molar-refractivity contribution in [2.45, 2.75) is 13.0 Å². The number of aromatic carboxylic acids is 1. The van der Waals surface area contributed by atoms with Crippen LogP contribution in [0.15, 0.2) is 42.5 Å². The smallest absolute Gasteiger partial charge is 0.335 e. The Balaban J connectivity index is 1.79. The number of hydrogen-bond acceptors (Lipinski definition) is 5. The number of anilines is 2. The van der Waals surface area contributed by atoms with Crippen molar-refractivity contribution in [1.82, 2.24) is 0 Å². The first-order chi connectivity index (χ1) is 12.9. The summed E-state index contributed by atoms with van der Waals surface area (Å²) < 4.78 is 10.6. The Hall–Kier alpha value is -3.55. The predicted molar refractivity (Wildman–Crippen MR) is 97.5 cm³/mol. The van der Waals surface area contributed by atoms with Crippen LogP contribution < -0.4 is 19.7 Å². The van der Waals surface area contributed by atoms with Gasteiger partial charge in [-0.1, -0.05) is 0 Å². The zero-order valence-corrected chi connectivity index (χ0v) is 14.8. The van der Waals surface area contributed by atoms with Crippen LogP contribution in [0.1, 0.15) is 17.3 Å². The van der Waals surface area contributed by atoms with Gasteiger partial charge in [-0.3, -0.25) is 14.5 Å². The second-order valence-corrected chi connectivity index (χ2v) is 5.95. The van der Waals surface area contributed by atoms with E-state index in [0.717, 1.165) is 0 Å². The van der Waals surface area contributed by atoms with E-state index in [2.05, 4.69) is 5.32 Å². The molecule has 1 aliphatic rings. The minimum atomic E-state index is -1.10. The van der Waals surface area contributed by atoms with E-state index in [4.69, 9.17) is 14.6 Å². The standard InChI is InChI=1S/C19H18N2O6/c1-11-18(23)21(15-8-3-12(19(24)25)9-16(15)27-11)10-17(22)20-13-4-6-14(26-2)7-5-13/h3-9,11H,10H2,1-2H3,(H,20,22)(H,24,25). The molecule has 8 heteroatoms. The largest absolute Gasteiger partial charge is 0.497 e. The number of nitrogens with zero attached hydrogens (tertiary/aromatic N) is 1. The maximum absolute atomic E-state index is 12.5. The molecule has 0 saturated carbocycles. The highest BCUT2D eigenvalue weighted by atomic mass is 16.5. The highest BCUT2D eigenvalue weighted by molar-refractivity contribution is 6.06. The molecule has 0 bridgehead atoms. The summed E-state index contributed by atoms with van der Waals surface area (Å²) >= 11 is 0. The number of fused-ring (bicyclic) bond motifs is 1. The lowest BCUT2D eigenvalue weighted by atomic mass is 10.1.